The highest BCUT2D eigenvalue weighted by molar-refractivity contribution is 9.10. The van der Waals surface area contributed by atoms with Crippen LogP contribution in [0.2, 0.25) is 0 Å². The number of rotatable bonds is 6. The lowest BCUT2D eigenvalue weighted by molar-refractivity contribution is 0.0690. The Labute approximate surface area is 128 Å². The molecule has 7 nitrogen and oxygen atoms in total. The molecule has 1 aromatic carbocycles. The number of primary amides is 1. The SMILES string of the molecule is NC(=O)c1ccc(Br)cc1NCCn1cnc(C(=O)O)c1. The standard InChI is InChI=1S/C13H13BrN4O3/c14-8-1-2-9(12(15)19)10(5-8)16-3-4-18-6-11(13(20)21)17-7-18/h1-2,5-7,16H,3-4H2,(H2,15,19)(H,20,21). The van der Waals surface area contributed by atoms with Crippen molar-refractivity contribution in [2.75, 3.05) is 11.9 Å². The molecule has 2 rings (SSSR count). The molecule has 0 unspecified atom stereocenters. The maximum atomic E-state index is 11.3. The third-order valence-corrected chi connectivity index (χ3v) is 3.28. The van der Waals surface area contributed by atoms with E-state index in [4.69, 9.17) is 10.8 Å². The molecule has 1 aromatic heterocycles. The number of aromatic nitrogens is 2. The van der Waals surface area contributed by atoms with Crippen molar-refractivity contribution < 1.29 is 14.7 Å². The van der Waals surface area contributed by atoms with Gasteiger partial charge in [0.2, 0.25) is 0 Å². The van der Waals surface area contributed by atoms with Crippen LogP contribution < -0.4 is 11.1 Å². The molecule has 0 saturated heterocycles. The lowest BCUT2D eigenvalue weighted by Crippen LogP contribution is -2.16. The van der Waals surface area contributed by atoms with Gasteiger partial charge in [-0.3, -0.25) is 4.79 Å². The van der Waals surface area contributed by atoms with E-state index in [1.165, 1.54) is 12.5 Å². The van der Waals surface area contributed by atoms with Crippen LogP contribution in [0, 0.1) is 0 Å². The number of hydrogen-bond acceptors (Lipinski definition) is 4. The molecule has 0 aliphatic carbocycles. The minimum Gasteiger partial charge on any atom is -0.476 e. The van der Waals surface area contributed by atoms with Gasteiger partial charge in [-0.25, -0.2) is 9.78 Å². The van der Waals surface area contributed by atoms with Crippen molar-refractivity contribution in [1.29, 1.82) is 0 Å². The summed E-state index contributed by atoms with van der Waals surface area (Å²) in [6.07, 6.45) is 2.89. The summed E-state index contributed by atoms with van der Waals surface area (Å²) in [6.45, 7) is 0.997. The van der Waals surface area contributed by atoms with Gasteiger partial charge in [-0.15, -0.1) is 0 Å². The van der Waals surface area contributed by atoms with Crippen LogP contribution in [0.25, 0.3) is 0 Å². The molecule has 0 fully saturated rings. The van der Waals surface area contributed by atoms with Crippen LogP contribution in [-0.2, 0) is 6.54 Å². The number of carbonyl (C=O) groups excluding carboxylic acids is 1. The van der Waals surface area contributed by atoms with E-state index < -0.39 is 11.9 Å². The molecule has 2 aromatic rings. The highest BCUT2D eigenvalue weighted by Gasteiger charge is 2.09. The molecular formula is C13H13BrN4O3. The van der Waals surface area contributed by atoms with E-state index in [-0.39, 0.29) is 5.69 Å². The zero-order valence-corrected chi connectivity index (χ0v) is 12.5. The lowest BCUT2D eigenvalue weighted by atomic mass is 10.1. The number of nitrogens with one attached hydrogen (secondary N) is 1. The summed E-state index contributed by atoms with van der Waals surface area (Å²) in [5, 5.41) is 11.9. The van der Waals surface area contributed by atoms with Crippen LogP contribution in [-0.4, -0.2) is 33.1 Å². The van der Waals surface area contributed by atoms with Crippen molar-refractivity contribution >= 4 is 33.5 Å². The first-order valence-corrected chi connectivity index (χ1v) is 6.85. The molecule has 110 valence electrons. The molecule has 8 heteroatoms. The summed E-state index contributed by atoms with van der Waals surface area (Å²) in [7, 11) is 0. The van der Waals surface area contributed by atoms with E-state index in [0.29, 0.717) is 24.3 Å². The number of carboxylic acid groups (broad SMARTS) is 1. The Hall–Kier alpha value is -2.35. The van der Waals surface area contributed by atoms with E-state index in [1.807, 2.05) is 0 Å². The number of nitrogens with two attached hydrogens (primary N) is 1. The Morgan fingerprint density at radius 1 is 1.43 bits per heavy atom. The van der Waals surface area contributed by atoms with Crippen molar-refractivity contribution in [3.8, 4) is 0 Å². The summed E-state index contributed by atoms with van der Waals surface area (Å²) in [5.74, 6) is -1.58. The first-order chi connectivity index (χ1) is 9.97. The van der Waals surface area contributed by atoms with E-state index in [9.17, 15) is 9.59 Å². The van der Waals surface area contributed by atoms with Crippen molar-refractivity contribution in [2.24, 2.45) is 5.73 Å². The molecular weight excluding hydrogens is 340 g/mol. The zero-order valence-electron chi connectivity index (χ0n) is 10.9. The first kappa shape index (κ1) is 15.0. The average molecular weight is 353 g/mol. The molecule has 1 amide bonds. The maximum Gasteiger partial charge on any atom is 0.356 e. The number of amides is 1. The highest BCUT2D eigenvalue weighted by atomic mass is 79.9. The number of halogens is 1. The number of nitrogens with zero attached hydrogens (tertiary/aromatic N) is 2. The number of aromatic carboxylic acids is 1. The minimum absolute atomic E-state index is 0.00437. The van der Waals surface area contributed by atoms with Gasteiger partial charge in [0.15, 0.2) is 5.69 Å². The molecule has 0 bridgehead atoms. The Bertz CT molecular complexity index is 684. The van der Waals surface area contributed by atoms with Gasteiger partial charge in [0, 0.05) is 29.4 Å². The fraction of sp³-hybridized carbons (Fsp3) is 0.154. The fourth-order valence-corrected chi connectivity index (χ4v) is 2.15. The Balaban J connectivity index is 2.01. The molecule has 1 heterocycles. The number of anilines is 1. The third-order valence-electron chi connectivity index (χ3n) is 2.78. The molecule has 0 saturated carbocycles. The topological polar surface area (TPSA) is 110 Å². The molecule has 0 aliphatic heterocycles. The quantitative estimate of drug-likeness (QED) is 0.730. The maximum absolute atomic E-state index is 11.3. The minimum atomic E-state index is -1.07. The van der Waals surface area contributed by atoms with Crippen LogP contribution in [0.1, 0.15) is 20.8 Å². The fourth-order valence-electron chi connectivity index (χ4n) is 1.79. The summed E-state index contributed by atoms with van der Waals surface area (Å²) in [4.78, 5) is 25.8. The lowest BCUT2D eigenvalue weighted by Gasteiger charge is -2.11. The predicted molar refractivity (Wildman–Crippen MR) is 80.3 cm³/mol. The van der Waals surface area contributed by atoms with Gasteiger partial charge >= 0.3 is 5.97 Å². The van der Waals surface area contributed by atoms with Crippen LogP contribution in [0.4, 0.5) is 5.69 Å². The summed E-state index contributed by atoms with van der Waals surface area (Å²) >= 11 is 3.33. The van der Waals surface area contributed by atoms with Crippen molar-refractivity contribution in [2.45, 2.75) is 6.54 Å². The molecule has 0 atom stereocenters. The molecule has 0 radical (unpaired) electrons. The van der Waals surface area contributed by atoms with Crippen LogP contribution in [0.5, 0.6) is 0 Å². The normalized spacial score (nSPS) is 10.3. The second-order valence-corrected chi connectivity index (χ2v) is 5.20. The Morgan fingerprint density at radius 3 is 2.81 bits per heavy atom. The first-order valence-electron chi connectivity index (χ1n) is 6.05. The number of imidazole rings is 1. The zero-order chi connectivity index (χ0) is 15.4. The number of carboxylic acids is 1. The smallest absolute Gasteiger partial charge is 0.356 e. The predicted octanol–water partition coefficient (Wildman–Crippen LogP) is 1.55. The van der Waals surface area contributed by atoms with E-state index in [2.05, 4.69) is 26.2 Å². The highest BCUT2D eigenvalue weighted by Crippen LogP contribution is 2.21. The molecule has 21 heavy (non-hydrogen) atoms. The Morgan fingerprint density at radius 2 is 2.19 bits per heavy atom. The monoisotopic (exact) mass is 352 g/mol. The van der Waals surface area contributed by atoms with E-state index in [1.54, 1.807) is 22.8 Å². The summed E-state index contributed by atoms with van der Waals surface area (Å²) < 4.78 is 2.48. The summed E-state index contributed by atoms with van der Waals surface area (Å²) in [6, 6.07) is 5.13. The van der Waals surface area contributed by atoms with Gasteiger partial charge in [0.25, 0.3) is 5.91 Å². The van der Waals surface area contributed by atoms with Crippen molar-refractivity contribution in [1.82, 2.24) is 9.55 Å². The van der Waals surface area contributed by atoms with Gasteiger partial charge in [-0.05, 0) is 18.2 Å². The van der Waals surface area contributed by atoms with Crippen molar-refractivity contribution in [3.05, 3.63) is 46.5 Å². The van der Waals surface area contributed by atoms with Gasteiger partial charge in [-0.2, -0.15) is 0 Å². The van der Waals surface area contributed by atoms with Gasteiger partial charge in [0.05, 0.1) is 11.9 Å². The third kappa shape index (κ3) is 3.82. The Kier molecular flexibility index (Phi) is 4.59. The largest absolute Gasteiger partial charge is 0.476 e. The average Bonchev–Trinajstić information content (AvgIpc) is 2.87. The number of carbonyl (C=O) groups is 2. The van der Waals surface area contributed by atoms with Gasteiger partial charge in [0.1, 0.15) is 0 Å². The second-order valence-electron chi connectivity index (χ2n) is 4.28. The number of hydrogen-bond donors (Lipinski definition) is 3. The second kappa shape index (κ2) is 6.40. The van der Waals surface area contributed by atoms with E-state index >= 15 is 0 Å². The van der Waals surface area contributed by atoms with Gasteiger partial charge < -0.3 is 20.7 Å². The molecule has 4 N–H and O–H groups in total. The molecule has 0 spiro atoms. The van der Waals surface area contributed by atoms with Crippen molar-refractivity contribution in [3.63, 3.8) is 0 Å². The van der Waals surface area contributed by atoms with E-state index in [0.717, 1.165) is 4.47 Å². The summed E-state index contributed by atoms with van der Waals surface area (Å²) in [5.41, 5.74) is 6.32. The van der Waals surface area contributed by atoms with Crippen LogP contribution >= 0.6 is 15.9 Å². The molecule has 0 aliphatic rings. The van der Waals surface area contributed by atoms with Gasteiger partial charge in [-0.1, -0.05) is 15.9 Å². The number of benzene rings is 1. The van der Waals surface area contributed by atoms with Crippen LogP contribution in [0.15, 0.2) is 35.2 Å². The van der Waals surface area contributed by atoms with Crippen LogP contribution in [0.3, 0.4) is 0 Å².